The number of rotatable bonds is 4. The molecule has 1 atom stereocenters. The topological polar surface area (TPSA) is 12.0 Å². The quantitative estimate of drug-likeness (QED) is 0.739. The summed E-state index contributed by atoms with van der Waals surface area (Å²) in [5.74, 6) is -0.373. The van der Waals surface area contributed by atoms with E-state index in [0.29, 0.717) is 10.0 Å². The van der Waals surface area contributed by atoms with Gasteiger partial charge in [-0.15, -0.1) is 11.3 Å². The smallest absolute Gasteiger partial charge is 0.148 e. The minimum atomic E-state index is -0.373. The SMILES string of the molecule is CCc1ccc(C(NC)c2ccc(Br)c(Cl)c2F)s1. The molecule has 102 valence electrons. The Hall–Kier alpha value is -0.420. The average molecular weight is 363 g/mol. The molecule has 1 aromatic heterocycles. The molecule has 0 spiro atoms. The second-order valence-electron chi connectivity index (χ2n) is 4.14. The molecule has 2 aromatic rings. The second kappa shape index (κ2) is 6.35. The Kier molecular flexibility index (Phi) is 5.01. The molecule has 0 saturated heterocycles. The van der Waals surface area contributed by atoms with E-state index in [1.165, 1.54) is 4.88 Å². The molecular formula is C14H14BrClFNS. The lowest BCUT2D eigenvalue weighted by molar-refractivity contribution is 0.579. The van der Waals surface area contributed by atoms with Gasteiger partial charge in [-0.05, 0) is 47.6 Å². The Labute approximate surface area is 129 Å². The minimum absolute atomic E-state index is 0.130. The molecule has 0 amide bonds. The van der Waals surface area contributed by atoms with E-state index < -0.39 is 0 Å². The summed E-state index contributed by atoms with van der Waals surface area (Å²) < 4.78 is 14.9. The number of nitrogens with one attached hydrogen (secondary N) is 1. The number of hydrogen-bond acceptors (Lipinski definition) is 2. The van der Waals surface area contributed by atoms with Gasteiger partial charge in [-0.25, -0.2) is 4.39 Å². The molecule has 2 rings (SSSR count). The maximum Gasteiger partial charge on any atom is 0.148 e. The summed E-state index contributed by atoms with van der Waals surface area (Å²) in [6, 6.07) is 7.50. The molecule has 1 nitrogen and oxygen atoms in total. The third-order valence-corrected chi connectivity index (χ3v) is 5.53. The van der Waals surface area contributed by atoms with Gasteiger partial charge in [0.1, 0.15) is 5.82 Å². The fourth-order valence-corrected chi connectivity index (χ4v) is 3.51. The summed E-state index contributed by atoms with van der Waals surface area (Å²) in [4.78, 5) is 2.38. The van der Waals surface area contributed by atoms with E-state index >= 15 is 0 Å². The minimum Gasteiger partial charge on any atom is -0.309 e. The highest BCUT2D eigenvalue weighted by Crippen LogP contribution is 2.35. The molecule has 0 aliphatic carbocycles. The van der Waals surface area contributed by atoms with Crippen molar-refractivity contribution in [2.45, 2.75) is 19.4 Å². The summed E-state index contributed by atoms with van der Waals surface area (Å²) >= 11 is 10.9. The van der Waals surface area contributed by atoms with Crippen LogP contribution in [0.3, 0.4) is 0 Å². The van der Waals surface area contributed by atoms with Gasteiger partial charge in [-0.1, -0.05) is 24.6 Å². The van der Waals surface area contributed by atoms with Crippen LogP contribution in [0.15, 0.2) is 28.7 Å². The molecule has 19 heavy (non-hydrogen) atoms. The van der Waals surface area contributed by atoms with E-state index in [0.717, 1.165) is 11.3 Å². The van der Waals surface area contributed by atoms with Crippen molar-refractivity contribution in [1.82, 2.24) is 5.32 Å². The summed E-state index contributed by atoms with van der Waals surface area (Å²) in [5, 5.41) is 3.29. The highest BCUT2D eigenvalue weighted by Gasteiger charge is 2.20. The van der Waals surface area contributed by atoms with Gasteiger partial charge in [0.2, 0.25) is 0 Å². The standard InChI is InChI=1S/C14H14BrClFNS/c1-3-8-4-7-11(19-8)14(18-2)9-5-6-10(15)12(16)13(9)17/h4-7,14,18H,3H2,1-2H3. The molecule has 0 aliphatic heterocycles. The van der Waals surface area contributed by atoms with Crippen molar-refractivity contribution in [1.29, 1.82) is 0 Å². The van der Waals surface area contributed by atoms with Crippen molar-refractivity contribution < 1.29 is 4.39 Å². The van der Waals surface area contributed by atoms with Gasteiger partial charge >= 0.3 is 0 Å². The number of aryl methyl sites for hydroxylation is 1. The highest BCUT2D eigenvalue weighted by molar-refractivity contribution is 9.10. The highest BCUT2D eigenvalue weighted by atomic mass is 79.9. The van der Waals surface area contributed by atoms with Crippen LogP contribution in [0.2, 0.25) is 5.02 Å². The lowest BCUT2D eigenvalue weighted by Crippen LogP contribution is -2.18. The van der Waals surface area contributed by atoms with E-state index in [-0.39, 0.29) is 16.9 Å². The van der Waals surface area contributed by atoms with E-state index in [2.05, 4.69) is 34.2 Å². The van der Waals surface area contributed by atoms with Crippen LogP contribution >= 0.6 is 38.9 Å². The Morgan fingerprint density at radius 1 is 1.37 bits per heavy atom. The van der Waals surface area contributed by atoms with Crippen LogP contribution in [-0.2, 0) is 6.42 Å². The van der Waals surface area contributed by atoms with E-state index in [1.807, 2.05) is 13.1 Å². The van der Waals surface area contributed by atoms with Crippen LogP contribution in [0.4, 0.5) is 4.39 Å². The van der Waals surface area contributed by atoms with Gasteiger partial charge < -0.3 is 5.32 Å². The van der Waals surface area contributed by atoms with Gasteiger partial charge in [0.15, 0.2) is 0 Å². The van der Waals surface area contributed by atoms with E-state index in [9.17, 15) is 4.39 Å². The zero-order valence-electron chi connectivity index (χ0n) is 10.6. The number of hydrogen-bond donors (Lipinski definition) is 1. The van der Waals surface area contributed by atoms with Crippen molar-refractivity contribution in [3.05, 3.63) is 54.9 Å². The maximum absolute atomic E-state index is 14.3. The average Bonchev–Trinajstić information content (AvgIpc) is 2.88. The van der Waals surface area contributed by atoms with Crippen molar-refractivity contribution >= 4 is 38.9 Å². The molecule has 1 aromatic carbocycles. The van der Waals surface area contributed by atoms with Crippen molar-refractivity contribution in [3.8, 4) is 0 Å². The first-order valence-corrected chi connectivity index (χ1v) is 7.96. The second-order valence-corrected chi connectivity index (χ2v) is 6.58. The monoisotopic (exact) mass is 361 g/mol. The Morgan fingerprint density at radius 2 is 2.11 bits per heavy atom. The maximum atomic E-state index is 14.3. The summed E-state index contributed by atoms with van der Waals surface area (Å²) in [6.45, 7) is 2.11. The fraction of sp³-hybridized carbons (Fsp3) is 0.286. The van der Waals surface area contributed by atoms with Crippen LogP contribution < -0.4 is 5.32 Å². The Morgan fingerprint density at radius 3 is 2.68 bits per heavy atom. The van der Waals surface area contributed by atoms with E-state index in [1.54, 1.807) is 23.5 Å². The normalized spacial score (nSPS) is 12.7. The molecule has 0 aliphatic rings. The Balaban J connectivity index is 2.45. The molecular weight excluding hydrogens is 349 g/mol. The van der Waals surface area contributed by atoms with Gasteiger partial charge in [0, 0.05) is 19.8 Å². The van der Waals surface area contributed by atoms with Crippen LogP contribution in [0.1, 0.15) is 28.3 Å². The van der Waals surface area contributed by atoms with Gasteiger partial charge in [-0.3, -0.25) is 0 Å². The first-order valence-electron chi connectivity index (χ1n) is 5.97. The lowest BCUT2D eigenvalue weighted by Gasteiger charge is -2.17. The molecule has 1 unspecified atom stereocenters. The third-order valence-electron chi connectivity index (χ3n) is 2.98. The molecule has 0 fully saturated rings. The van der Waals surface area contributed by atoms with Crippen LogP contribution in [0.5, 0.6) is 0 Å². The Bertz CT molecular complexity index is 585. The zero-order chi connectivity index (χ0) is 14.0. The predicted molar refractivity (Wildman–Crippen MR) is 83.7 cm³/mol. The number of halogens is 3. The predicted octanol–water partition coefficient (Wildman–Crippen LogP) is 5.17. The molecule has 5 heteroatoms. The van der Waals surface area contributed by atoms with Gasteiger partial charge in [0.25, 0.3) is 0 Å². The summed E-state index contributed by atoms with van der Waals surface area (Å²) in [6.07, 6.45) is 0.991. The van der Waals surface area contributed by atoms with Crippen LogP contribution in [-0.4, -0.2) is 7.05 Å². The third kappa shape index (κ3) is 3.02. The lowest BCUT2D eigenvalue weighted by atomic mass is 10.0. The summed E-state index contributed by atoms with van der Waals surface area (Å²) in [5.41, 5.74) is 0.570. The van der Waals surface area contributed by atoms with Crippen molar-refractivity contribution in [3.63, 3.8) is 0 Å². The van der Waals surface area contributed by atoms with Crippen molar-refractivity contribution in [2.75, 3.05) is 7.05 Å². The number of benzene rings is 1. The first-order chi connectivity index (χ1) is 9.08. The molecule has 0 radical (unpaired) electrons. The number of thiophene rings is 1. The zero-order valence-corrected chi connectivity index (χ0v) is 13.8. The van der Waals surface area contributed by atoms with Crippen LogP contribution in [0.25, 0.3) is 0 Å². The molecule has 0 bridgehead atoms. The van der Waals surface area contributed by atoms with Crippen molar-refractivity contribution in [2.24, 2.45) is 0 Å². The first kappa shape index (κ1) is 15.0. The molecule has 1 heterocycles. The van der Waals surface area contributed by atoms with Crippen LogP contribution in [0, 0.1) is 5.82 Å². The largest absolute Gasteiger partial charge is 0.309 e. The van der Waals surface area contributed by atoms with E-state index in [4.69, 9.17) is 11.6 Å². The van der Waals surface area contributed by atoms with Gasteiger partial charge in [-0.2, -0.15) is 0 Å². The molecule has 0 saturated carbocycles. The molecule has 1 N–H and O–H groups in total. The fourth-order valence-electron chi connectivity index (χ4n) is 1.95. The summed E-state index contributed by atoms with van der Waals surface area (Å²) in [7, 11) is 1.82. The van der Waals surface area contributed by atoms with Gasteiger partial charge in [0.05, 0.1) is 11.1 Å².